The Morgan fingerprint density at radius 1 is 1.26 bits per heavy atom. The maximum Gasteiger partial charge on any atom is 0.236 e. The molecule has 3 aliphatic rings. The van der Waals surface area contributed by atoms with Crippen molar-refractivity contribution in [2.24, 2.45) is 5.41 Å². The number of rotatable bonds is 5. The summed E-state index contributed by atoms with van der Waals surface area (Å²) < 4.78 is 5.44. The van der Waals surface area contributed by atoms with Gasteiger partial charge in [0, 0.05) is 39.8 Å². The van der Waals surface area contributed by atoms with Crippen LogP contribution in [0.15, 0.2) is 0 Å². The molecule has 1 spiro atoms. The molecular formula is C18H33N3O2. The molecule has 5 heteroatoms. The van der Waals surface area contributed by atoms with Crippen LogP contribution >= 0.6 is 0 Å². The van der Waals surface area contributed by atoms with E-state index in [1.165, 1.54) is 51.6 Å². The van der Waals surface area contributed by atoms with Gasteiger partial charge in [-0.1, -0.05) is 6.42 Å². The van der Waals surface area contributed by atoms with Crippen LogP contribution in [0.4, 0.5) is 0 Å². The van der Waals surface area contributed by atoms with E-state index in [0.717, 1.165) is 19.2 Å². The Morgan fingerprint density at radius 2 is 1.96 bits per heavy atom. The van der Waals surface area contributed by atoms with E-state index in [9.17, 15) is 4.79 Å². The lowest BCUT2D eigenvalue weighted by Crippen LogP contribution is -2.48. The lowest BCUT2D eigenvalue weighted by Gasteiger charge is -2.45. The van der Waals surface area contributed by atoms with E-state index in [1.54, 1.807) is 12.0 Å². The van der Waals surface area contributed by atoms with E-state index in [-0.39, 0.29) is 5.91 Å². The highest BCUT2D eigenvalue weighted by Gasteiger charge is 2.46. The van der Waals surface area contributed by atoms with E-state index < -0.39 is 0 Å². The van der Waals surface area contributed by atoms with Crippen LogP contribution in [-0.4, -0.2) is 86.7 Å². The normalized spacial score (nSPS) is 28.9. The molecule has 2 heterocycles. The highest BCUT2D eigenvalue weighted by molar-refractivity contribution is 5.77. The van der Waals surface area contributed by atoms with Gasteiger partial charge in [-0.15, -0.1) is 0 Å². The molecule has 0 aromatic heterocycles. The van der Waals surface area contributed by atoms with Gasteiger partial charge < -0.3 is 14.5 Å². The molecule has 0 unspecified atom stereocenters. The van der Waals surface area contributed by atoms with Crippen molar-refractivity contribution >= 4 is 5.91 Å². The molecule has 3 fully saturated rings. The van der Waals surface area contributed by atoms with Gasteiger partial charge in [-0.05, 0) is 50.6 Å². The number of hydrogen-bond donors (Lipinski definition) is 0. The first-order valence-electron chi connectivity index (χ1n) is 9.20. The monoisotopic (exact) mass is 323 g/mol. The van der Waals surface area contributed by atoms with E-state index >= 15 is 0 Å². The minimum atomic E-state index is 0.204. The van der Waals surface area contributed by atoms with Crippen molar-refractivity contribution in [3.8, 4) is 0 Å². The Labute approximate surface area is 140 Å². The number of hydrogen-bond acceptors (Lipinski definition) is 4. The molecule has 23 heavy (non-hydrogen) atoms. The summed E-state index contributed by atoms with van der Waals surface area (Å²) in [5, 5.41) is 0. The molecule has 0 N–H and O–H groups in total. The van der Waals surface area contributed by atoms with Crippen LogP contribution in [0.25, 0.3) is 0 Å². The summed E-state index contributed by atoms with van der Waals surface area (Å²) >= 11 is 0. The molecule has 2 aliphatic heterocycles. The van der Waals surface area contributed by atoms with E-state index in [0.29, 0.717) is 18.0 Å². The standard InChI is InChI=1S/C18H33N3O2/c1-19(2)17(22)12-21-14-18(11-16(21)13-23-3)7-9-20(10-8-18)15-5-4-6-15/h15-16H,4-14H2,1-3H3/t16-/m0/s1. The summed E-state index contributed by atoms with van der Waals surface area (Å²) in [7, 11) is 5.46. The summed E-state index contributed by atoms with van der Waals surface area (Å²) in [5.74, 6) is 0.204. The molecule has 1 amide bonds. The zero-order chi connectivity index (χ0) is 16.4. The second-order valence-electron chi connectivity index (χ2n) is 8.13. The van der Waals surface area contributed by atoms with Crippen LogP contribution in [-0.2, 0) is 9.53 Å². The Bertz CT molecular complexity index is 414. The highest BCUT2D eigenvalue weighted by Crippen LogP contribution is 2.44. The number of carbonyl (C=O) groups is 1. The van der Waals surface area contributed by atoms with Crippen LogP contribution in [0.2, 0.25) is 0 Å². The molecule has 3 rings (SSSR count). The van der Waals surface area contributed by atoms with E-state index in [2.05, 4.69) is 9.80 Å². The van der Waals surface area contributed by atoms with Crippen LogP contribution in [0, 0.1) is 5.41 Å². The molecule has 1 atom stereocenters. The number of amides is 1. The van der Waals surface area contributed by atoms with Crippen molar-refractivity contribution in [1.29, 1.82) is 0 Å². The molecule has 0 radical (unpaired) electrons. The number of ether oxygens (including phenoxy) is 1. The molecule has 1 aliphatic carbocycles. The Balaban J connectivity index is 1.59. The molecular weight excluding hydrogens is 290 g/mol. The summed E-state index contributed by atoms with van der Waals surface area (Å²) in [6.07, 6.45) is 8.00. The predicted molar refractivity (Wildman–Crippen MR) is 91.4 cm³/mol. The van der Waals surface area contributed by atoms with Crippen molar-refractivity contribution in [3.63, 3.8) is 0 Å². The Morgan fingerprint density at radius 3 is 2.48 bits per heavy atom. The molecule has 2 saturated heterocycles. The third-order valence-corrected chi connectivity index (χ3v) is 6.37. The minimum absolute atomic E-state index is 0.204. The molecule has 1 saturated carbocycles. The molecule has 0 bridgehead atoms. The van der Waals surface area contributed by atoms with Gasteiger partial charge in [-0.3, -0.25) is 9.69 Å². The van der Waals surface area contributed by atoms with Gasteiger partial charge in [0.1, 0.15) is 0 Å². The van der Waals surface area contributed by atoms with Crippen molar-refractivity contribution in [2.75, 3.05) is 54.0 Å². The van der Waals surface area contributed by atoms with E-state index in [4.69, 9.17) is 4.74 Å². The van der Waals surface area contributed by atoms with Crippen molar-refractivity contribution in [1.82, 2.24) is 14.7 Å². The lowest BCUT2D eigenvalue weighted by atomic mass is 9.75. The third-order valence-electron chi connectivity index (χ3n) is 6.37. The number of methoxy groups -OCH3 is 1. The fourth-order valence-corrected chi connectivity index (χ4v) is 4.59. The van der Waals surface area contributed by atoms with Crippen LogP contribution in [0.1, 0.15) is 38.5 Å². The van der Waals surface area contributed by atoms with Gasteiger partial charge in [0.05, 0.1) is 13.2 Å². The van der Waals surface area contributed by atoms with Gasteiger partial charge in [0.15, 0.2) is 0 Å². The highest BCUT2D eigenvalue weighted by atomic mass is 16.5. The topological polar surface area (TPSA) is 36.0 Å². The van der Waals surface area contributed by atoms with Crippen molar-refractivity contribution in [2.45, 2.75) is 50.6 Å². The summed E-state index contributed by atoms with van der Waals surface area (Å²) in [6, 6.07) is 1.27. The Kier molecular flexibility index (Phi) is 5.29. The smallest absolute Gasteiger partial charge is 0.236 e. The first-order valence-corrected chi connectivity index (χ1v) is 9.20. The third kappa shape index (κ3) is 3.72. The summed E-state index contributed by atoms with van der Waals surface area (Å²) in [4.78, 5) is 18.9. The number of nitrogens with zero attached hydrogens (tertiary/aromatic N) is 3. The number of likely N-dealkylation sites (N-methyl/N-ethyl adjacent to an activating group) is 1. The van der Waals surface area contributed by atoms with Crippen LogP contribution in [0.3, 0.4) is 0 Å². The lowest BCUT2D eigenvalue weighted by molar-refractivity contribution is -0.130. The second kappa shape index (κ2) is 7.08. The second-order valence-corrected chi connectivity index (χ2v) is 8.13. The van der Waals surface area contributed by atoms with Crippen LogP contribution in [0.5, 0.6) is 0 Å². The first-order chi connectivity index (χ1) is 11.0. The molecule has 132 valence electrons. The van der Waals surface area contributed by atoms with Gasteiger partial charge in [0.2, 0.25) is 5.91 Å². The quantitative estimate of drug-likeness (QED) is 0.767. The maximum atomic E-state index is 12.1. The Hall–Kier alpha value is -0.650. The van der Waals surface area contributed by atoms with Gasteiger partial charge in [-0.2, -0.15) is 0 Å². The maximum absolute atomic E-state index is 12.1. The fourth-order valence-electron chi connectivity index (χ4n) is 4.59. The minimum Gasteiger partial charge on any atom is -0.383 e. The fraction of sp³-hybridized carbons (Fsp3) is 0.944. The van der Waals surface area contributed by atoms with Gasteiger partial charge in [-0.25, -0.2) is 0 Å². The average Bonchev–Trinajstić information content (AvgIpc) is 2.78. The molecule has 5 nitrogen and oxygen atoms in total. The average molecular weight is 323 g/mol. The summed E-state index contributed by atoms with van der Waals surface area (Å²) in [6.45, 7) is 4.85. The summed E-state index contributed by atoms with van der Waals surface area (Å²) in [5.41, 5.74) is 0.413. The largest absolute Gasteiger partial charge is 0.383 e. The number of likely N-dealkylation sites (tertiary alicyclic amines) is 2. The van der Waals surface area contributed by atoms with Crippen LogP contribution < -0.4 is 0 Å². The SMILES string of the molecule is COC[C@@H]1CC2(CCN(C3CCC3)CC2)CN1CC(=O)N(C)C. The number of carbonyl (C=O) groups excluding carboxylic acids is 1. The predicted octanol–water partition coefficient (Wildman–Crippen LogP) is 1.43. The number of piperidine rings is 1. The molecule has 0 aromatic carbocycles. The van der Waals surface area contributed by atoms with Gasteiger partial charge in [0.25, 0.3) is 0 Å². The molecule has 0 aromatic rings. The van der Waals surface area contributed by atoms with Gasteiger partial charge >= 0.3 is 0 Å². The van der Waals surface area contributed by atoms with Crippen molar-refractivity contribution < 1.29 is 9.53 Å². The zero-order valence-electron chi connectivity index (χ0n) is 15.1. The van der Waals surface area contributed by atoms with Crippen molar-refractivity contribution in [3.05, 3.63) is 0 Å². The zero-order valence-corrected chi connectivity index (χ0v) is 15.1. The first kappa shape index (κ1) is 17.2. The van der Waals surface area contributed by atoms with E-state index in [1.807, 2.05) is 14.1 Å².